The fraction of sp³-hybridized carbons (Fsp3) is 0.238. The predicted molar refractivity (Wildman–Crippen MR) is 117 cm³/mol. The number of benzene rings is 2. The smallest absolute Gasteiger partial charge is 0.240 e. The van der Waals surface area contributed by atoms with Crippen LogP contribution in [0.15, 0.2) is 76.9 Å². The fourth-order valence-corrected chi connectivity index (χ4v) is 3.67. The van der Waals surface area contributed by atoms with E-state index in [0.29, 0.717) is 25.6 Å². The molecule has 1 aromatic heterocycles. The first-order valence-electron chi connectivity index (χ1n) is 9.53. The van der Waals surface area contributed by atoms with Crippen LogP contribution in [0, 0.1) is 0 Å². The van der Waals surface area contributed by atoms with Gasteiger partial charge in [-0.3, -0.25) is 9.67 Å². The molecule has 0 aliphatic heterocycles. The summed E-state index contributed by atoms with van der Waals surface area (Å²) in [5.41, 5.74) is 3.30. The number of sulfonamides is 1. The molecule has 0 unspecified atom stereocenters. The van der Waals surface area contributed by atoms with Gasteiger partial charge >= 0.3 is 0 Å². The summed E-state index contributed by atoms with van der Waals surface area (Å²) >= 11 is 0. The maximum Gasteiger partial charge on any atom is 0.240 e. The van der Waals surface area contributed by atoms with Gasteiger partial charge in [0.15, 0.2) is 5.96 Å². The van der Waals surface area contributed by atoms with Crippen molar-refractivity contribution in [3.05, 3.63) is 83.7 Å². The summed E-state index contributed by atoms with van der Waals surface area (Å²) in [7, 11) is -0.313. The Bertz CT molecular complexity index is 1080. The van der Waals surface area contributed by atoms with Gasteiger partial charge in [0.1, 0.15) is 0 Å². The van der Waals surface area contributed by atoms with Gasteiger partial charge in [0.25, 0.3) is 0 Å². The summed E-state index contributed by atoms with van der Waals surface area (Å²) in [6.45, 7) is 1.85. The number of nitrogens with zero attached hydrogens (tertiary/aromatic N) is 3. The molecule has 0 aliphatic carbocycles. The van der Waals surface area contributed by atoms with Gasteiger partial charge in [0.2, 0.25) is 10.0 Å². The Balaban J connectivity index is 1.57. The van der Waals surface area contributed by atoms with E-state index in [1.54, 1.807) is 37.5 Å². The number of nitrogens with one attached hydrogen (secondary N) is 3. The van der Waals surface area contributed by atoms with Crippen LogP contribution < -0.4 is 15.4 Å². The van der Waals surface area contributed by atoms with E-state index in [1.807, 2.05) is 29.1 Å². The topological polar surface area (TPSA) is 100 Å². The highest BCUT2D eigenvalue weighted by molar-refractivity contribution is 7.89. The fourth-order valence-electron chi connectivity index (χ4n) is 2.94. The number of guanidine groups is 1. The lowest BCUT2D eigenvalue weighted by Gasteiger charge is -2.14. The van der Waals surface area contributed by atoms with E-state index in [4.69, 9.17) is 0 Å². The number of hydrogen-bond donors (Lipinski definition) is 3. The average molecular weight is 427 g/mol. The highest BCUT2D eigenvalue weighted by Crippen LogP contribution is 2.11. The molecule has 0 saturated heterocycles. The standard InChI is InChI=1S/C21H26N6O2S/c1-22-21(24-14-17-8-10-20(11-9-17)30(28,29)23-2)25-15-18-6-3-4-7-19(18)16-27-13-5-12-26-27/h3-13,23H,14-16H2,1-2H3,(H2,22,24,25). The highest BCUT2D eigenvalue weighted by Gasteiger charge is 2.10. The van der Waals surface area contributed by atoms with E-state index in [0.717, 1.165) is 11.1 Å². The Kier molecular flexibility index (Phi) is 7.21. The van der Waals surface area contributed by atoms with Crippen LogP contribution in [0.5, 0.6) is 0 Å². The molecule has 0 spiro atoms. The molecule has 0 aliphatic rings. The first-order chi connectivity index (χ1) is 14.5. The molecule has 3 aromatic rings. The molecule has 0 radical (unpaired) electrons. The Labute approximate surface area is 177 Å². The van der Waals surface area contributed by atoms with Crippen LogP contribution in [0.4, 0.5) is 0 Å². The maximum absolute atomic E-state index is 11.8. The zero-order chi connectivity index (χ0) is 21.4. The molecule has 8 nitrogen and oxygen atoms in total. The van der Waals surface area contributed by atoms with Crippen LogP contribution in [0.3, 0.4) is 0 Å². The van der Waals surface area contributed by atoms with Crippen molar-refractivity contribution in [3.8, 4) is 0 Å². The van der Waals surface area contributed by atoms with E-state index >= 15 is 0 Å². The highest BCUT2D eigenvalue weighted by atomic mass is 32.2. The van der Waals surface area contributed by atoms with Gasteiger partial charge in [-0.15, -0.1) is 0 Å². The molecule has 0 atom stereocenters. The van der Waals surface area contributed by atoms with Gasteiger partial charge in [-0.2, -0.15) is 5.10 Å². The van der Waals surface area contributed by atoms with Crippen molar-refractivity contribution < 1.29 is 8.42 Å². The zero-order valence-electron chi connectivity index (χ0n) is 17.0. The predicted octanol–water partition coefficient (Wildman–Crippen LogP) is 1.70. The molecule has 0 saturated carbocycles. The third kappa shape index (κ3) is 5.68. The van der Waals surface area contributed by atoms with E-state index < -0.39 is 10.0 Å². The minimum Gasteiger partial charge on any atom is -0.352 e. The second kappa shape index (κ2) is 10.0. The molecular weight excluding hydrogens is 400 g/mol. The SMILES string of the molecule is CN=C(NCc1ccc(S(=O)(=O)NC)cc1)NCc1ccccc1Cn1cccn1. The summed E-state index contributed by atoms with van der Waals surface area (Å²) in [6, 6.07) is 16.9. The molecular formula is C21H26N6O2S. The molecule has 0 fully saturated rings. The normalized spacial score (nSPS) is 12.0. The summed E-state index contributed by atoms with van der Waals surface area (Å²) in [5.74, 6) is 0.663. The van der Waals surface area contributed by atoms with Gasteiger partial charge in [-0.25, -0.2) is 13.1 Å². The Morgan fingerprint density at radius 2 is 1.70 bits per heavy atom. The van der Waals surface area contributed by atoms with E-state index in [2.05, 4.69) is 37.6 Å². The third-order valence-electron chi connectivity index (χ3n) is 4.64. The van der Waals surface area contributed by atoms with Gasteiger partial charge in [0, 0.05) is 32.5 Å². The molecule has 0 bridgehead atoms. The Hall–Kier alpha value is -3.17. The van der Waals surface area contributed by atoms with Crippen molar-refractivity contribution in [1.82, 2.24) is 25.1 Å². The summed E-state index contributed by atoms with van der Waals surface area (Å²) < 4.78 is 27.8. The van der Waals surface area contributed by atoms with E-state index in [9.17, 15) is 8.42 Å². The molecule has 1 heterocycles. The second-order valence-corrected chi connectivity index (χ2v) is 8.49. The summed E-state index contributed by atoms with van der Waals surface area (Å²) in [5, 5.41) is 10.8. The van der Waals surface area contributed by atoms with Gasteiger partial charge in [-0.1, -0.05) is 36.4 Å². The van der Waals surface area contributed by atoms with Gasteiger partial charge in [-0.05, 0) is 41.9 Å². The van der Waals surface area contributed by atoms with Crippen LogP contribution in [-0.2, 0) is 29.7 Å². The van der Waals surface area contributed by atoms with Gasteiger partial charge in [0.05, 0.1) is 11.4 Å². The molecule has 0 amide bonds. The van der Waals surface area contributed by atoms with Crippen LogP contribution >= 0.6 is 0 Å². The molecule has 9 heteroatoms. The average Bonchev–Trinajstić information content (AvgIpc) is 3.28. The maximum atomic E-state index is 11.8. The molecule has 2 aromatic carbocycles. The first kappa shape index (κ1) is 21.5. The number of rotatable bonds is 8. The molecule has 3 N–H and O–H groups in total. The van der Waals surface area contributed by atoms with Crippen molar-refractivity contribution in [2.75, 3.05) is 14.1 Å². The zero-order valence-corrected chi connectivity index (χ0v) is 17.9. The van der Waals surface area contributed by atoms with Crippen LogP contribution in [0.25, 0.3) is 0 Å². The van der Waals surface area contributed by atoms with Crippen LogP contribution in [-0.4, -0.2) is 38.3 Å². The quantitative estimate of drug-likeness (QED) is 0.376. The third-order valence-corrected chi connectivity index (χ3v) is 6.07. The minimum absolute atomic E-state index is 0.241. The minimum atomic E-state index is -3.43. The van der Waals surface area contributed by atoms with Crippen molar-refractivity contribution in [1.29, 1.82) is 0 Å². The lowest BCUT2D eigenvalue weighted by molar-refractivity contribution is 0.588. The largest absolute Gasteiger partial charge is 0.352 e. The molecule has 3 rings (SSSR count). The number of aromatic nitrogens is 2. The lowest BCUT2D eigenvalue weighted by atomic mass is 10.1. The van der Waals surface area contributed by atoms with Crippen molar-refractivity contribution >= 4 is 16.0 Å². The van der Waals surface area contributed by atoms with Gasteiger partial charge < -0.3 is 10.6 Å². The number of aliphatic imine (C=N–C) groups is 1. The molecule has 30 heavy (non-hydrogen) atoms. The van der Waals surface area contributed by atoms with Crippen molar-refractivity contribution in [3.63, 3.8) is 0 Å². The monoisotopic (exact) mass is 426 g/mol. The van der Waals surface area contributed by atoms with Crippen molar-refractivity contribution in [2.24, 2.45) is 4.99 Å². The van der Waals surface area contributed by atoms with Crippen LogP contribution in [0.2, 0.25) is 0 Å². The van der Waals surface area contributed by atoms with E-state index in [-0.39, 0.29) is 4.90 Å². The summed E-state index contributed by atoms with van der Waals surface area (Å²) in [6.07, 6.45) is 3.71. The lowest BCUT2D eigenvalue weighted by Crippen LogP contribution is -2.36. The first-order valence-corrected chi connectivity index (χ1v) is 11.0. The second-order valence-electron chi connectivity index (χ2n) is 6.60. The number of hydrogen-bond acceptors (Lipinski definition) is 4. The van der Waals surface area contributed by atoms with E-state index in [1.165, 1.54) is 12.6 Å². The summed E-state index contributed by atoms with van der Waals surface area (Å²) in [4.78, 5) is 4.51. The Morgan fingerprint density at radius 3 is 2.33 bits per heavy atom. The Morgan fingerprint density at radius 1 is 1.00 bits per heavy atom. The molecule has 158 valence electrons. The van der Waals surface area contributed by atoms with Crippen LogP contribution in [0.1, 0.15) is 16.7 Å². The van der Waals surface area contributed by atoms with Crippen molar-refractivity contribution in [2.45, 2.75) is 24.5 Å².